The van der Waals surface area contributed by atoms with E-state index in [0.717, 1.165) is 0 Å². The first-order chi connectivity index (χ1) is 11.1. The summed E-state index contributed by atoms with van der Waals surface area (Å²) in [5.74, 6) is -0.564. The lowest BCUT2D eigenvalue weighted by atomic mass is 10.1. The smallest absolute Gasteiger partial charge is 0.335 e. The molecule has 116 valence electrons. The third-order valence-corrected chi connectivity index (χ3v) is 3.70. The number of benzene rings is 2. The van der Waals surface area contributed by atoms with Crippen LogP contribution in [0.25, 0.3) is 11.3 Å². The third kappa shape index (κ3) is 2.91. The van der Waals surface area contributed by atoms with Crippen molar-refractivity contribution in [2.75, 3.05) is 5.32 Å². The van der Waals surface area contributed by atoms with Gasteiger partial charge >= 0.3 is 5.63 Å². The van der Waals surface area contributed by atoms with Gasteiger partial charge in [0.15, 0.2) is 5.56 Å². The molecule has 1 heterocycles. The Morgan fingerprint density at radius 1 is 1.09 bits per heavy atom. The zero-order valence-corrected chi connectivity index (χ0v) is 13.0. The second-order valence-corrected chi connectivity index (χ2v) is 5.31. The Hall–Kier alpha value is -2.79. The highest BCUT2D eigenvalue weighted by Crippen LogP contribution is 2.24. The van der Waals surface area contributed by atoms with E-state index in [1.165, 1.54) is 4.74 Å². The number of aromatic nitrogens is 1. The molecule has 3 rings (SSSR count). The van der Waals surface area contributed by atoms with Crippen molar-refractivity contribution in [3.63, 3.8) is 0 Å². The van der Waals surface area contributed by atoms with Crippen LogP contribution in [0.4, 0.5) is 5.69 Å². The van der Waals surface area contributed by atoms with Crippen LogP contribution in [0.1, 0.15) is 10.4 Å². The molecule has 0 spiro atoms. The second kappa shape index (κ2) is 6.14. The van der Waals surface area contributed by atoms with Gasteiger partial charge in [-0.25, -0.2) is 9.53 Å². The minimum absolute atomic E-state index is 0.0568. The Balaban J connectivity index is 2.05. The molecular weight excluding hydrogens is 316 g/mol. The zero-order valence-electron chi connectivity index (χ0n) is 12.2. The van der Waals surface area contributed by atoms with Crippen molar-refractivity contribution in [1.29, 1.82) is 0 Å². The average Bonchev–Trinajstić information content (AvgIpc) is 2.85. The van der Waals surface area contributed by atoms with Gasteiger partial charge in [-0.05, 0) is 12.1 Å². The summed E-state index contributed by atoms with van der Waals surface area (Å²) < 4.78 is 6.35. The number of hydrogen-bond donors (Lipinski definition) is 1. The SMILES string of the molecule is Cn1oc(=O)c(C(=O)Nc2ccccc2Cl)c1-c1ccccc1. The van der Waals surface area contributed by atoms with Crippen molar-refractivity contribution in [1.82, 2.24) is 4.74 Å². The van der Waals surface area contributed by atoms with Gasteiger partial charge in [0.05, 0.1) is 10.7 Å². The lowest BCUT2D eigenvalue weighted by molar-refractivity contribution is 0.102. The highest BCUT2D eigenvalue weighted by Gasteiger charge is 2.24. The lowest BCUT2D eigenvalue weighted by Gasteiger charge is -2.07. The van der Waals surface area contributed by atoms with Gasteiger partial charge < -0.3 is 9.84 Å². The Labute approximate surface area is 137 Å². The largest absolute Gasteiger partial charge is 0.370 e. The predicted octanol–water partition coefficient (Wildman–Crippen LogP) is 3.55. The standard InChI is InChI=1S/C17H13ClN2O3/c1-20-15(11-7-3-2-4-8-11)14(17(22)23-20)16(21)19-13-10-6-5-9-12(13)18/h2-10H,1H3,(H,19,21). The monoisotopic (exact) mass is 328 g/mol. The van der Waals surface area contributed by atoms with Crippen LogP contribution in [-0.2, 0) is 7.05 Å². The number of rotatable bonds is 3. The summed E-state index contributed by atoms with van der Waals surface area (Å²) in [6, 6.07) is 15.9. The molecule has 6 heteroatoms. The van der Waals surface area contributed by atoms with Crippen molar-refractivity contribution in [3.05, 3.63) is 75.6 Å². The molecule has 1 amide bonds. The van der Waals surface area contributed by atoms with E-state index < -0.39 is 11.5 Å². The number of para-hydroxylation sites is 1. The molecule has 5 nitrogen and oxygen atoms in total. The molecule has 0 fully saturated rings. The maximum atomic E-state index is 12.6. The number of nitrogens with one attached hydrogen (secondary N) is 1. The molecule has 2 aromatic carbocycles. The van der Waals surface area contributed by atoms with Crippen LogP contribution in [0, 0.1) is 0 Å². The number of carbonyl (C=O) groups is 1. The maximum Gasteiger partial charge on any atom is 0.370 e. The molecule has 0 aliphatic carbocycles. The minimum atomic E-state index is -0.698. The van der Waals surface area contributed by atoms with Gasteiger partial charge in [0, 0.05) is 12.6 Å². The molecular formula is C17H13ClN2O3. The molecule has 0 aliphatic heterocycles. The summed E-state index contributed by atoms with van der Waals surface area (Å²) in [5.41, 5.74) is 0.807. The topological polar surface area (TPSA) is 64.2 Å². The van der Waals surface area contributed by atoms with Crippen LogP contribution >= 0.6 is 11.6 Å². The van der Waals surface area contributed by atoms with E-state index in [1.54, 1.807) is 43.4 Å². The molecule has 0 radical (unpaired) electrons. The lowest BCUT2D eigenvalue weighted by Crippen LogP contribution is -2.19. The quantitative estimate of drug-likeness (QED) is 0.799. The molecule has 23 heavy (non-hydrogen) atoms. The number of amides is 1. The van der Waals surface area contributed by atoms with E-state index in [4.69, 9.17) is 16.1 Å². The maximum absolute atomic E-state index is 12.6. The summed E-state index contributed by atoms with van der Waals surface area (Å²) in [5, 5.41) is 3.04. The van der Waals surface area contributed by atoms with Gasteiger partial charge in [0.2, 0.25) is 0 Å². The van der Waals surface area contributed by atoms with E-state index in [-0.39, 0.29) is 5.56 Å². The van der Waals surface area contributed by atoms with E-state index in [9.17, 15) is 9.59 Å². The average molecular weight is 329 g/mol. The third-order valence-electron chi connectivity index (χ3n) is 3.37. The van der Waals surface area contributed by atoms with Crippen LogP contribution in [0.2, 0.25) is 5.02 Å². The van der Waals surface area contributed by atoms with E-state index in [2.05, 4.69) is 5.32 Å². The van der Waals surface area contributed by atoms with Gasteiger partial charge in [-0.2, -0.15) is 0 Å². The molecule has 1 aromatic heterocycles. The second-order valence-electron chi connectivity index (χ2n) is 4.90. The van der Waals surface area contributed by atoms with Gasteiger partial charge in [0.1, 0.15) is 5.69 Å². The fourth-order valence-corrected chi connectivity index (χ4v) is 2.52. The minimum Gasteiger partial charge on any atom is -0.335 e. The van der Waals surface area contributed by atoms with Gasteiger partial charge in [0.25, 0.3) is 5.91 Å². The van der Waals surface area contributed by atoms with Gasteiger partial charge in [-0.15, -0.1) is 0 Å². The molecule has 0 atom stereocenters. The first kappa shape index (κ1) is 15.1. The summed E-state index contributed by atoms with van der Waals surface area (Å²) in [6.07, 6.45) is 0. The van der Waals surface area contributed by atoms with Crippen molar-refractivity contribution < 1.29 is 9.32 Å². The van der Waals surface area contributed by atoms with Crippen LogP contribution in [0.15, 0.2) is 63.9 Å². The Bertz CT molecular complexity index is 913. The van der Waals surface area contributed by atoms with Gasteiger partial charge in [-0.1, -0.05) is 54.1 Å². The van der Waals surface area contributed by atoms with E-state index in [0.29, 0.717) is 22.0 Å². The highest BCUT2D eigenvalue weighted by molar-refractivity contribution is 6.34. The Morgan fingerprint density at radius 3 is 2.43 bits per heavy atom. The van der Waals surface area contributed by atoms with Crippen LogP contribution in [0.5, 0.6) is 0 Å². The predicted molar refractivity (Wildman–Crippen MR) is 88.8 cm³/mol. The van der Waals surface area contributed by atoms with E-state index >= 15 is 0 Å². The first-order valence-electron chi connectivity index (χ1n) is 6.89. The number of anilines is 1. The molecule has 0 saturated heterocycles. The molecule has 0 unspecified atom stereocenters. The summed E-state index contributed by atoms with van der Waals surface area (Å²) in [7, 11) is 1.58. The fourth-order valence-electron chi connectivity index (χ4n) is 2.34. The Kier molecular flexibility index (Phi) is 4.04. The number of aryl methyl sites for hydroxylation is 1. The van der Waals surface area contributed by atoms with Crippen molar-refractivity contribution in [2.45, 2.75) is 0 Å². The molecule has 1 N–H and O–H groups in total. The summed E-state index contributed by atoms with van der Waals surface area (Å²) in [6.45, 7) is 0. The van der Waals surface area contributed by atoms with Crippen LogP contribution < -0.4 is 10.9 Å². The number of carbonyl (C=O) groups excluding carboxylic acids is 1. The molecule has 0 bridgehead atoms. The normalized spacial score (nSPS) is 10.5. The van der Waals surface area contributed by atoms with Crippen LogP contribution in [0.3, 0.4) is 0 Å². The van der Waals surface area contributed by atoms with E-state index in [1.807, 2.05) is 18.2 Å². The van der Waals surface area contributed by atoms with Gasteiger partial charge in [-0.3, -0.25) is 4.79 Å². The number of hydrogen-bond acceptors (Lipinski definition) is 3. The van der Waals surface area contributed by atoms with Crippen molar-refractivity contribution in [2.24, 2.45) is 7.05 Å². The molecule has 3 aromatic rings. The summed E-state index contributed by atoms with van der Waals surface area (Å²) >= 11 is 6.04. The number of halogens is 1. The van der Waals surface area contributed by atoms with Crippen molar-refractivity contribution in [3.8, 4) is 11.3 Å². The highest BCUT2D eigenvalue weighted by atomic mass is 35.5. The fraction of sp³-hybridized carbons (Fsp3) is 0.0588. The van der Waals surface area contributed by atoms with Crippen LogP contribution in [-0.4, -0.2) is 10.6 Å². The Morgan fingerprint density at radius 2 is 1.74 bits per heavy atom. The molecule has 0 saturated carbocycles. The van der Waals surface area contributed by atoms with Crippen molar-refractivity contribution >= 4 is 23.2 Å². The molecule has 0 aliphatic rings. The summed E-state index contributed by atoms with van der Waals surface area (Å²) in [4.78, 5) is 24.6. The first-order valence-corrected chi connectivity index (χ1v) is 7.27. The zero-order chi connectivity index (χ0) is 16.4. The number of nitrogens with zero attached hydrogens (tertiary/aromatic N) is 1.